The van der Waals surface area contributed by atoms with Crippen molar-refractivity contribution in [3.8, 4) is 6.07 Å². The average Bonchev–Trinajstić information content (AvgIpc) is 2.72. The van der Waals surface area contributed by atoms with Crippen molar-refractivity contribution in [2.24, 2.45) is 11.7 Å². The number of carbonyl (C=O) groups is 2. The van der Waals surface area contributed by atoms with Gasteiger partial charge in [-0.3, -0.25) is 14.5 Å². The van der Waals surface area contributed by atoms with Crippen molar-refractivity contribution < 1.29 is 22.8 Å². The van der Waals surface area contributed by atoms with Crippen molar-refractivity contribution >= 4 is 17.5 Å². The standard InChI is InChI=1S/C23H17F3N4O2/c1-12-9-14(11-27)7-8-17(12)18-19(21(28)31)22(32)30(13(2)20(18)29-3)16-6-4-5-15(10-16)23(24,25)26/h4-10,18-19H,1-2H3,(H2,28,31). The van der Waals surface area contributed by atoms with Gasteiger partial charge >= 0.3 is 6.18 Å². The highest BCUT2D eigenvalue weighted by Crippen LogP contribution is 2.44. The first-order valence-electron chi connectivity index (χ1n) is 9.40. The minimum absolute atomic E-state index is 0.0126. The number of rotatable bonds is 3. The summed E-state index contributed by atoms with van der Waals surface area (Å²) in [5.74, 6) is -4.36. The zero-order chi connectivity index (χ0) is 23.8. The molecule has 2 N–H and O–H groups in total. The molecule has 1 aliphatic rings. The highest BCUT2D eigenvalue weighted by atomic mass is 19.4. The summed E-state index contributed by atoms with van der Waals surface area (Å²) in [7, 11) is 0. The first kappa shape index (κ1) is 22.6. The van der Waals surface area contributed by atoms with Crippen LogP contribution in [-0.2, 0) is 15.8 Å². The molecule has 6 nitrogen and oxygen atoms in total. The van der Waals surface area contributed by atoms with E-state index < -0.39 is 35.4 Å². The maximum Gasteiger partial charge on any atom is 0.416 e. The van der Waals surface area contributed by atoms with Crippen LogP contribution in [0.2, 0.25) is 0 Å². The maximum atomic E-state index is 13.4. The second-order valence-corrected chi connectivity index (χ2v) is 7.35. The number of nitrogens with zero attached hydrogens (tertiary/aromatic N) is 3. The van der Waals surface area contributed by atoms with E-state index in [0.29, 0.717) is 16.7 Å². The van der Waals surface area contributed by atoms with Gasteiger partial charge in [0.2, 0.25) is 11.8 Å². The first-order valence-corrected chi connectivity index (χ1v) is 9.40. The average molecular weight is 438 g/mol. The fourth-order valence-electron chi connectivity index (χ4n) is 3.94. The van der Waals surface area contributed by atoms with Crippen molar-refractivity contribution in [3.05, 3.63) is 87.5 Å². The molecule has 2 unspecified atom stereocenters. The summed E-state index contributed by atoms with van der Waals surface area (Å²) >= 11 is 0. The first-order chi connectivity index (χ1) is 15.0. The number of carbonyl (C=O) groups excluding carboxylic acids is 2. The third-order valence-electron chi connectivity index (χ3n) is 5.41. The van der Waals surface area contributed by atoms with E-state index in [1.807, 2.05) is 6.07 Å². The summed E-state index contributed by atoms with van der Waals surface area (Å²) < 4.78 is 39.6. The van der Waals surface area contributed by atoms with Gasteiger partial charge in [-0.05, 0) is 55.3 Å². The number of hydrogen-bond acceptors (Lipinski definition) is 3. The number of nitrogens with two attached hydrogens (primary N) is 1. The Morgan fingerprint density at radius 3 is 2.44 bits per heavy atom. The van der Waals surface area contributed by atoms with Gasteiger partial charge in [0.1, 0.15) is 5.92 Å². The van der Waals surface area contributed by atoms with Crippen LogP contribution in [0.4, 0.5) is 18.9 Å². The van der Waals surface area contributed by atoms with Crippen LogP contribution in [0.25, 0.3) is 4.85 Å². The molecule has 0 bridgehead atoms. The van der Waals surface area contributed by atoms with Crippen molar-refractivity contribution in [2.45, 2.75) is 25.9 Å². The summed E-state index contributed by atoms with van der Waals surface area (Å²) in [5, 5.41) is 9.10. The number of nitriles is 1. The Morgan fingerprint density at radius 1 is 1.22 bits per heavy atom. The van der Waals surface area contributed by atoms with Crippen molar-refractivity contribution in [1.29, 1.82) is 5.26 Å². The highest BCUT2D eigenvalue weighted by Gasteiger charge is 2.46. The van der Waals surface area contributed by atoms with Crippen LogP contribution in [0.5, 0.6) is 0 Å². The molecule has 0 radical (unpaired) electrons. The summed E-state index contributed by atoms with van der Waals surface area (Å²) in [5.41, 5.74) is 5.98. The van der Waals surface area contributed by atoms with E-state index in [1.165, 1.54) is 19.1 Å². The van der Waals surface area contributed by atoms with Gasteiger partial charge in [0.25, 0.3) is 0 Å². The minimum Gasteiger partial charge on any atom is -0.369 e. The van der Waals surface area contributed by atoms with Crippen LogP contribution in [-0.4, -0.2) is 11.8 Å². The van der Waals surface area contributed by atoms with Gasteiger partial charge in [-0.15, -0.1) is 0 Å². The molecule has 0 aliphatic carbocycles. The quantitative estimate of drug-likeness (QED) is 0.573. The molecule has 0 fully saturated rings. The fourth-order valence-corrected chi connectivity index (χ4v) is 3.94. The van der Waals surface area contributed by atoms with Gasteiger partial charge in [0, 0.05) is 17.3 Å². The monoisotopic (exact) mass is 438 g/mol. The minimum atomic E-state index is -4.64. The van der Waals surface area contributed by atoms with Crippen molar-refractivity contribution in [2.75, 3.05) is 4.90 Å². The molecule has 0 spiro atoms. The molecule has 2 amide bonds. The van der Waals surface area contributed by atoms with Crippen LogP contribution in [0.15, 0.2) is 53.9 Å². The van der Waals surface area contributed by atoms with Crippen LogP contribution in [0, 0.1) is 30.7 Å². The van der Waals surface area contributed by atoms with Crippen LogP contribution in [0.1, 0.15) is 35.1 Å². The van der Waals surface area contributed by atoms with E-state index in [0.717, 1.165) is 23.1 Å². The third-order valence-corrected chi connectivity index (χ3v) is 5.41. The molecule has 162 valence electrons. The van der Waals surface area contributed by atoms with E-state index in [9.17, 15) is 22.8 Å². The number of allylic oxidation sites excluding steroid dienone is 2. The Kier molecular flexibility index (Phi) is 5.78. The van der Waals surface area contributed by atoms with Crippen LogP contribution < -0.4 is 10.6 Å². The Bertz CT molecular complexity index is 1240. The van der Waals surface area contributed by atoms with Gasteiger partial charge in [-0.2, -0.15) is 18.4 Å². The number of halogens is 3. The van der Waals surface area contributed by atoms with Crippen molar-refractivity contribution in [1.82, 2.24) is 0 Å². The molecule has 9 heteroatoms. The second-order valence-electron chi connectivity index (χ2n) is 7.35. The molecule has 2 aromatic rings. The summed E-state index contributed by atoms with van der Waals surface area (Å²) in [6.45, 7) is 10.8. The van der Waals surface area contributed by atoms with E-state index in [4.69, 9.17) is 17.6 Å². The normalized spacial score (nSPS) is 18.8. The molecule has 3 rings (SSSR count). The highest BCUT2D eigenvalue weighted by molar-refractivity contribution is 6.11. The zero-order valence-electron chi connectivity index (χ0n) is 17.1. The van der Waals surface area contributed by atoms with E-state index in [-0.39, 0.29) is 17.1 Å². The van der Waals surface area contributed by atoms with Crippen molar-refractivity contribution in [3.63, 3.8) is 0 Å². The lowest BCUT2D eigenvalue weighted by Crippen LogP contribution is -2.48. The number of benzene rings is 2. The third kappa shape index (κ3) is 3.81. The summed E-state index contributed by atoms with van der Waals surface area (Å²) in [4.78, 5) is 30.2. The molecular formula is C23H17F3N4O2. The molecule has 1 aliphatic heterocycles. The van der Waals surface area contributed by atoms with E-state index in [2.05, 4.69) is 4.85 Å². The smallest absolute Gasteiger partial charge is 0.369 e. The van der Waals surface area contributed by atoms with Gasteiger partial charge in [-0.1, -0.05) is 12.1 Å². The maximum absolute atomic E-state index is 13.4. The number of hydrogen-bond donors (Lipinski definition) is 1. The Balaban J connectivity index is 2.25. The largest absolute Gasteiger partial charge is 0.416 e. The molecular weight excluding hydrogens is 421 g/mol. The molecule has 2 aromatic carbocycles. The van der Waals surface area contributed by atoms with E-state index in [1.54, 1.807) is 19.1 Å². The molecule has 32 heavy (non-hydrogen) atoms. The lowest BCUT2D eigenvalue weighted by molar-refractivity contribution is -0.138. The van der Waals surface area contributed by atoms with E-state index >= 15 is 0 Å². The van der Waals surface area contributed by atoms with Crippen LogP contribution >= 0.6 is 0 Å². The SMILES string of the molecule is [C-]#[N+]C1=C(C)N(c2cccc(C(F)(F)F)c2)C(=O)C(C(N)=O)C1c1ccc(C#N)cc1C. The molecule has 2 atom stereocenters. The second kappa shape index (κ2) is 8.20. The predicted molar refractivity (Wildman–Crippen MR) is 110 cm³/mol. The number of anilines is 1. The number of alkyl halides is 3. The lowest BCUT2D eigenvalue weighted by Gasteiger charge is -2.38. The number of aryl methyl sites for hydroxylation is 1. The molecule has 0 saturated heterocycles. The number of primary amides is 1. The van der Waals surface area contributed by atoms with Gasteiger partial charge in [0.15, 0.2) is 5.70 Å². The Hall–Kier alpha value is -4.11. The Morgan fingerprint density at radius 2 is 1.91 bits per heavy atom. The fraction of sp³-hybridized carbons (Fsp3) is 0.217. The summed E-state index contributed by atoms with van der Waals surface area (Å²) in [6, 6.07) is 10.7. The molecule has 1 heterocycles. The van der Waals surface area contributed by atoms with Gasteiger partial charge < -0.3 is 5.73 Å². The predicted octanol–water partition coefficient (Wildman–Crippen LogP) is 4.27. The Labute approximate surface area is 182 Å². The number of amides is 2. The van der Waals surface area contributed by atoms with Gasteiger partial charge in [-0.25, -0.2) is 4.85 Å². The van der Waals surface area contributed by atoms with Crippen LogP contribution in [0.3, 0.4) is 0 Å². The van der Waals surface area contributed by atoms with Gasteiger partial charge in [0.05, 0.1) is 23.8 Å². The molecule has 0 aromatic heterocycles. The summed E-state index contributed by atoms with van der Waals surface area (Å²) in [6.07, 6.45) is -4.64. The lowest BCUT2D eigenvalue weighted by atomic mass is 9.77. The zero-order valence-corrected chi connectivity index (χ0v) is 17.1. The molecule has 0 saturated carbocycles. The topological polar surface area (TPSA) is 91.5 Å².